The lowest BCUT2D eigenvalue weighted by Crippen LogP contribution is -2.26. The molecule has 0 amide bonds. The molecular formula is C60H42N4. The summed E-state index contributed by atoms with van der Waals surface area (Å²) in [6.07, 6.45) is 15.3. The fraction of sp³-hybridized carbons (Fsp3) is 0.0667. The van der Waals surface area contributed by atoms with E-state index < -0.39 is 0 Å². The van der Waals surface area contributed by atoms with E-state index in [1.165, 1.54) is 93.2 Å². The lowest BCUT2D eigenvalue weighted by Gasteiger charge is -2.23. The molecule has 4 nitrogen and oxygen atoms in total. The molecule has 9 aromatic carbocycles. The zero-order chi connectivity index (χ0) is 42.1. The number of benzene rings is 9. The summed E-state index contributed by atoms with van der Waals surface area (Å²) in [5, 5.41) is 9.97. The number of aliphatic imine (C=N–C) groups is 2. The highest BCUT2D eigenvalue weighted by atomic mass is 15.3. The first-order valence-electron chi connectivity index (χ1n) is 22.3. The van der Waals surface area contributed by atoms with Crippen molar-refractivity contribution in [3.8, 4) is 33.4 Å². The number of allylic oxidation sites excluding steroid dienone is 4. The molecule has 64 heavy (non-hydrogen) atoms. The van der Waals surface area contributed by atoms with Gasteiger partial charge in [0.1, 0.15) is 12.3 Å². The van der Waals surface area contributed by atoms with Crippen molar-refractivity contribution in [2.24, 2.45) is 9.98 Å². The van der Waals surface area contributed by atoms with Crippen molar-refractivity contribution in [3.05, 3.63) is 235 Å². The summed E-state index contributed by atoms with van der Waals surface area (Å²) in [5.74, 6) is 0. The van der Waals surface area contributed by atoms with E-state index in [1.807, 2.05) is 0 Å². The monoisotopic (exact) mass is 818 g/mol. The Hall–Kier alpha value is -8.08. The second-order valence-electron chi connectivity index (χ2n) is 17.2. The molecule has 4 heterocycles. The summed E-state index contributed by atoms with van der Waals surface area (Å²) in [7, 11) is 0. The highest BCUT2D eigenvalue weighted by Crippen LogP contribution is 2.50. The first-order chi connectivity index (χ1) is 31.7. The average Bonchev–Trinajstić information content (AvgIpc) is 4.01. The van der Waals surface area contributed by atoms with Crippen LogP contribution in [0.4, 0.5) is 0 Å². The van der Waals surface area contributed by atoms with Crippen LogP contribution < -0.4 is 0 Å². The first kappa shape index (κ1) is 36.6. The van der Waals surface area contributed by atoms with Crippen molar-refractivity contribution in [2.75, 3.05) is 13.1 Å². The van der Waals surface area contributed by atoms with E-state index in [0.717, 1.165) is 30.1 Å². The van der Waals surface area contributed by atoms with E-state index in [0.29, 0.717) is 0 Å². The molecule has 2 atom stereocenters. The van der Waals surface area contributed by atoms with Crippen molar-refractivity contribution >= 4 is 60.1 Å². The molecule has 0 bridgehead atoms. The maximum Gasteiger partial charge on any atom is 0.140 e. The molecule has 4 heteroatoms. The number of hydrogen-bond acceptors (Lipinski definition) is 4. The Kier molecular flexibility index (Phi) is 8.45. The van der Waals surface area contributed by atoms with E-state index in [4.69, 9.17) is 9.98 Å². The highest BCUT2D eigenvalue weighted by Gasteiger charge is 2.28. The predicted octanol–water partition coefficient (Wildman–Crippen LogP) is 13.9. The normalized spacial score (nSPS) is 17.6. The Morgan fingerprint density at radius 1 is 0.344 bits per heavy atom. The molecule has 9 aromatic rings. The molecule has 0 aliphatic carbocycles. The summed E-state index contributed by atoms with van der Waals surface area (Å²) < 4.78 is 0. The Labute approximate surface area is 372 Å². The topological polar surface area (TPSA) is 31.2 Å². The van der Waals surface area contributed by atoms with Crippen LogP contribution in [0.3, 0.4) is 0 Å². The smallest absolute Gasteiger partial charge is 0.140 e. The van der Waals surface area contributed by atoms with E-state index in [-0.39, 0.29) is 12.3 Å². The molecule has 4 aliphatic rings. The second kappa shape index (κ2) is 14.8. The van der Waals surface area contributed by atoms with Crippen molar-refractivity contribution in [1.82, 2.24) is 9.80 Å². The molecule has 302 valence electrons. The van der Waals surface area contributed by atoms with Crippen LogP contribution in [0.5, 0.6) is 0 Å². The lowest BCUT2D eigenvalue weighted by atomic mass is 9.81. The molecule has 0 saturated carbocycles. The number of fused-ring (bicyclic) bond motifs is 6. The summed E-state index contributed by atoms with van der Waals surface area (Å²) in [6, 6.07) is 64.9. The fourth-order valence-electron chi connectivity index (χ4n) is 10.6. The fourth-order valence-corrected chi connectivity index (χ4v) is 10.6. The highest BCUT2D eigenvalue weighted by molar-refractivity contribution is 6.30. The Balaban J connectivity index is 0.926. The largest absolute Gasteiger partial charge is 0.347 e. The quantitative estimate of drug-likeness (QED) is 0.157. The molecule has 0 N–H and O–H groups in total. The molecule has 2 unspecified atom stereocenters. The number of rotatable bonds is 6. The molecule has 0 radical (unpaired) electrons. The van der Waals surface area contributed by atoms with Gasteiger partial charge in [-0.25, -0.2) is 0 Å². The van der Waals surface area contributed by atoms with Crippen molar-refractivity contribution < 1.29 is 0 Å². The number of nitrogens with zero attached hydrogens (tertiary/aromatic N) is 4. The standard InChI is InChI=1S/C60H42N4/c1-2-14-39(15-3-1)44-33-34-56-62-54(38-64(56)36-44)41-27-31-43(32-28-41)58-47-18-6-10-22-51(47)60(52-23-11-7-19-48(52)58)59-49-20-8-4-16-45(49)57(46-17-5-9-21-50(46)59)42-29-25-40(26-30-42)53-37-63-35-13-12-24-55(63)61-53/h1-36,55-56H,37-38H2. The minimum atomic E-state index is 0.0281. The van der Waals surface area contributed by atoms with Crippen LogP contribution in [0.2, 0.25) is 0 Å². The van der Waals surface area contributed by atoms with Gasteiger partial charge in [-0.3, -0.25) is 9.98 Å². The SMILES string of the molecule is C1=CC2N=C(c3ccc(-c4c5ccccc5c(-c5c6ccccc6c(-c6ccc(C7=NC8C=CC(c9ccccc9)=CN8C7)cc6)c6ccccc56)c5ccccc45)cc3)CN2C=C1. The van der Waals surface area contributed by atoms with Gasteiger partial charge in [-0.2, -0.15) is 0 Å². The van der Waals surface area contributed by atoms with Gasteiger partial charge in [0.05, 0.1) is 24.5 Å². The molecular weight excluding hydrogens is 777 g/mol. The van der Waals surface area contributed by atoms with Crippen LogP contribution in [-0.2, 0) is 0 Å². The molecule has 13 rings (SSSR count). The zero-order valence-electron chi connectivity index (χ0n) is 35.1. The van der Waals surface area contributed by atoms with E-state index >= 15 is 0 Å². The Morgan fingerprint density at radius 3 is 1.19 bits per heavy atom. The van der Waals surface area contributed by atoms with Crippen molar-refractivity contribution in [1.29, 1.82) is 0 Å². The summed E-state index contributed by atoms with van der Waals surface area (Å²) in [6.45, 7) is 1.60. The van der Waals surface area contributed by atoms with Crippen LogP contribution in [0.15, 0.2) is 229 Å². The first-order valence-corrected chi connectivity index (χ1v) is 22.3. The van der Waals surface area contributed by atoms with Crippen molar-refractivity contribution in [3.63, 3.8) is 0 Å². The van der Waals surface area contributed by atoms with Gasteiger partial charge < -0.3 is 9.80 Å². The minimum absolute atomic E-state index is 0.0281. The van der Waals surface area contributed by atoms with Gasteiger partial charge in [-0.15, -0.1) is 0 Å². The predicted molar refractivity (Wildman–Crippen MR) is 269 cm³/mol. The average molecular weight is 819 g/mol. The van der Waals surface area contributed by atoms with Gasteiger partial charge in [-0.1, -0.05) is 188 Å². The van der Waals surface area contributed by atoms with Gasteiger partial charge >= 0.3 is 0 Å². The minimum Gasteiger partial charge on any atom is -0.347 e. The Morgan fingerprint density at radius 2 is 0.734 bits per heavy atom. The van der Waals surface area contributed by atoms with Crippen LogP contribution in [-0.4, -0.2) is 46.6 Å². The second-order valence-corrected chi connectivity index (χ2v) is 17.2. The maximum absolute atomic E-state index is 5.16. The van der Waals surface area contributed by atoms with E-state index in [9.17, 15) is 0 Å². The van der Waals surface area contributed by atoms with E-state index in [1.54, 1.807) is 0 Å². The Bertz CT molecular complexity index is 3440. The molecule has 0 aromatic heterocycles. The molecule has 0 spiro atoms. The van der Waals surface area contributed by atoms with Gasteiger partial charge in [-0.05, 0) is 117 Å². The third-order valence-corrected chi connectivity index (χ3v) is 13.6. The zero-order valence-corrected chi connectivity index (χ0v) is 35.1. The third kappa shape index (κ3) is 5.90. The molecule has 0 fully saturated rings. The van der Waals surface area contributed by atoms with Crippen LogP contribution in [0, 0.1) is 0 Å². The number of hydrogen-bond donors (Lipinski definition) is 0. The van der Waals surface area contributed by atoms with Gasteiger partial charge in [0.2, 0.25) is 0 Å². The van der Waals surface area contributed by atoms with Gasteiger partial charge in [0.15, 0.2) is 0 Å². The third-order valence-electron chi connectivity index (χ3n) is 13.6. The van der Waals surface area contributed by atoms with Crippen LogP contribution in [0.1, 0.15) is 16.7 Å². The lowest BCUT2D eigenvalue weighted by molar-refractivity contribution is 0.393. The summed E-state index contributed by atoms with van der Waals surface area (Å²) in [5.41, 5.74) is 14.5. The summed E-state index contributed by atoms with van der Waals surface area (Å²) >= 11 is 0. The van der Waals surface area contributed by atoms with Gasteiger partial charge in [0, 0.05) is 12.4 Å². The molecule has 0 saturated heterocycles. The van der Waals surface area contributed by atoms with Crippen LogP contribution >= 0.6 is 0 Å². The van der Waals surface area contributed by atoms with Crippen LogP contribution in [0.25, 0.3) is 82.0 Å². The molecule has 4 aliphatic heterocycles. The van der Waals surface area contributed by atoms with Crippen molar-refractivity contribution in [2.45, 2.75) is 12.3 Å². The van der Waals surface area contributed by atoms with Gasteiger partial charge in [0.25, 0.3) is 0 Å². The summed E-state index contributed by atoms with van der Waals surface area (Å²) in [4.78, 5) is 14.8. The van der Waals surface area contributed by atoms with E-state index in [2.05, 4.69) is 229 Å². The maximum atomic E-state index is 5.16.